The predicted octanol–water partition coefficient (Wildman–Crippen LogP) is 4.24. The summed E-state index contributed by atoms with van der Waals surface area (Å²) in [5, 5.41) is 2.35. The third kappa shape index (κ3) is 4.12. The van der Waals surface area contributed by atoms with Gasteiger partial charge in [-0.3, -0.25) is 19.3 Å². The van der Waals surface area contributed by atoms with Crippen LogP contribution in [-0.2, 0) is 15.0 Å². The monoisotopic (exact) mass is 442 g/mol. The zero-order chi connectivity index (χ0) is 22.0. The van der Waals surface area contributed by atoms with Crippen molar-refractivity contribution < 1.29 is 23.2 Å². The topological polar surface area (TPSA) is 66.5 Å². The Morgan fingerprint density at radius 3 is 2.45 bits per heavy atom. The van der Waals surface area contributed by atoms with Crippen LogP contribution in [-0.4, -0.2) is 35.0 Å². The fraction of sp³-hybridized carbons (Fsp3) is 0.261. The van der Waals surface area contributed by atoms with E-state index in [-0.39, 0.29) is 35.3 Å². The van der Waals surface area contributed by atoms with Gasteiger partial charge >= 0.3 is 0 Å². The van der Waals surface area contributed by atoms with Gasteiger partial charge in [0.2, 0.25) is 5.91 Å². The first-order chi connectivity index (χ1) is 14.9. The van der Waals surface area contributed by atoms with Gasteiger partial charge in [-0.15, -0.1) is 0 Å². The maximum absolute atomic E-state index is 13.8. The molecule has 5 nitrogen and oxygen atoms in total. The normalized spacial score (nSPS) is 18.9. The highest BCUT2D eigenvalue weighted by atomic mass is 32.2. The summed E-state index contributed by atoms with van der Waals surface area (Å²) in [7, 11) is 0. The van der Waals surface area contributed by atoms with Crippen molar-refractivity contribution in [1.29, 1.82) is 0 Å². The Bertz CT molecular complexity index is 1060. The van der Waals surface area contributed by atoms with Gasteiger partial charge in [0.25, 0.3) is 11.1 Å². The van der Waals surface area contributed by atoms with Gasteiger partial charge in [0, 0.05) is 18.7 Å². The molecule has 2 aromatic carbocycles. The van der Waals surface area contributed by atoms with Crippen LogP contribution in [0.15, 0.2) is 53.4 Å². The van der Waals surface area contributed by atoms with Gasteiger partial charge in [-0.25, -0.2) is 8.78 Å². The standard InChI is InChI=1S/C23H20F2N2O3S/c24-17-8-6-16(7-9-17)23(10-3-11-23)21(29)26-12-13-27-20(28)19(31-22(27)30)14-15-4-1-2-5-18(15)25/h1-2,4-9,14H,3,10-13H2,(H,26,29)/b19-14-. The van der Waals surface area contributed by atoms with E-state index < -0.39 is 22.4 Å². The molecule has 0 aromatic heterocycles. The summed E-state index contributed by atoms with van der Waals surface area (Å²) in [6.45, 7) is 0.122. The number of carbonyl (C=O) groups is 3. The Morgan fingerprint density at radius 1 is 1.10 bits per heavy atom. The molecule has 0 radical (unpaired) electrons. The van der Waals surface area contributed by atoms with Crippen LogP contribution >= 0.6 is 11.8 Å². The van der Waals surface area contributed by atoms with Gasteiger partial charge in [0.15, 0.2) is 0 Å². The van der Waals surface area contributed by atoms with Crippen LogP contribution in [0.4, 0.5) is 13.6 Å². The summed E-state index contributed by atoms with van der Waals surface area (Å²) < 4.78 is 27.1. The highest BCUT2D eigenvalue weighted by Gasteiger charge is 2.45. The third-order valence-electron chi connectivity index (χ3n) is 5.72. The summed E-state index contributed by atoms with van der Waals surface area (Å²) in [4.78, 5) is 38.9. The second-order valence-corrected chi connectivity index (χ2v) is 8.55. The zero-order valence-corrected chi connectivity index (χ0v) is 17.4. The number of hydrogen-bond donors (Lipinski definition) is 1. The summed E-state index contributed by atoms with van der Waals surface area (Å²) in [6.07, 6.45) is 3.58. The number of carbonyl (C=O) groups excluding carboxylic acids is 3. The molecule has 31 heavy (non-hydrogen) atoms. The molecule has 1 saturated carbocycles. The van der Waals surface area contributed by atoms with E-state index in [0.29, 0.717) is 12.8 Å². The van der Waals surface area contributed by atoms with Crippen molar-refractivity contribution in [3.8, 4) is 0 Å². The number of amides is 3. The third-order valence-corrected chi connectivity index (χ3v) is 6.63. The van der Waals surface area contributed by atoms with Crippen molar-refractivity contribution in [2.75, 3.05) is 13.1 Å². The minimum atomic E-state index is -0.697. The molecule has 4 rings (SSSR count). The fourth-order valence-electron chi connectivity index (χ4n) is 3.82. The first-order valence-corrected chi connectivity index (χ1v) is 10.8. The number of imide groups is 1. The number of thioether (sulfide) groups is 1. The number of nitrogens with zero attached hydrogens (tertiary/aromatic N) is 1. The van der Waals surface area contributed by atoms with Crippen LogP contribution in [0, 0.1) is 11.6 Å². The zero-order valence-electron chi connectivity index (χ0n) is 16.6. The Balaban J connectivity index is 1.39. The van der Waals surface area contributed by atoms with Crippen molar-refractivity contribution in [2.24, 2.45) is 0 Å². The van der Waals surface area contributed by atoms with E-state index in [0.717, 1.165) is 28.6 Å². The first kappa shape index (κ1) is 21.2. The largest absolute Gasteiger partial charge is 0.354 e. The van der Waals surface area contributed by atoms with Gasteiger partial charge in [0.1, 0.15) is 11.6 Å². The maximum atomic E-state index is 13.8. The second-order valence-electron chi connectivity index (χ2n) is 7.55. The Labute approximate surface area is 182 Å². The summed E-state index contributed by atoms with van der Waals surface area (Å²) in [6, 6.07) is 11.9. The second kappa shape index (κ2) is 8.63. The summed E-state index contributed by atoms with van der Waals surface area (Å²) in [5.41, 5.74) is 0.293. The van der Waals surface area contributed by atoms with Crippen LogP contribution in [0.1, 0.15) is 30.4 Å². The predicted molar refractivity (Wildman–Crippen MR) is 114 cm³/mol. The molecule has 0 atom stereocenters. The quantitative estimate of drug-likeness (QED) is 0.680. The molecule has 0 bridgehead atoms. The minimum Gasteiger partial charge on any atom is -0.354 e. The van der Waals surface area contributed by atoms with E-state index in [4.69, 9.17) is 0 Å². The first-order valence-electron chi connectivity index (χ1n) is 9.95. The van der Waals surface area contributed by atoms with Gasteiger partial charge in [0.05, 0.1) is 10.3 Å². The number of halogens is 2. The molecule has 0 spiro atoms. The maximum Gasteiger partial charge on any atom is 0.293 e. The molecule has 1 heterocycles. The van der Waals surface area contributed by atoms with E-state index >= 15 is 0 Å². The van der Waals surface area contributed by atoms with Crippen molar-refractivity contribution in [3.63, 3.8) is 0 Å². The molecule has 1 aliphatic carbocycles. The average molecular weight is 442 g/mol. The smallest absolute Gasteiger partial charge is 0.293 e. The number of hydrogen-bond acceptors (Lipinski definition) is 4. The molecular formula is C23H20F2N2O3S. The van der Waals surface area contributed by atoms with Crippen molar-refractivity contribution in [1.82, 2.24) is 10.2 Å². The molecular weight excluding hydrogens is 422 g/mol. The van der Waals surface area contributed by atoms with Gasteiger partial charge in [-0.1, -0.05) is 36.8 Å². The van der Waals surface area contributed by atoms with Crippen LogP contribution in [0.3, 0.4) is 0 Å². The van der Waals surface area contributed by atoms with Crippen molar-refractivity contribution >= 4 is 34.9 Å². The summed E-state index contributed by atoms with van der Waals surface area (Å²) in [5.74, 6) is -1.54. The van der Waals surface area contributed by atoms with Crippen LogP contribution < -0.4 is 5.32 Å². The van der Waals surface area contributed by atoms with E-state index in [9.17, 15) is 23.2 Å². The molecule has 2 fully saturated rings. The van der Waals surface area contributed by atoms with Crippen LogP contribution in [0.25, 0.3) is 6.08 Å². The fourth-order valence-corrected chi connectivity index (χ4v) is 4.68. The van der Waals surface area contributed by atoms with Crippen molar-refractivity contribution in [2.45, 2.75) is 24.7 Å². The lowest BCUT2D eigenvalue weighted by Crippen LogP contribution is -2.50. The van der Waals surface area contributed by atoms with Gasteiger partial charge < -0.3 is 5.32 Å². The lowest BCUT2D eigenvalue weighted by Gasteiger charge is -2.40. The Morgan fingerprint density at radius 2 is 1.81 bits per heavy atom. The highest BCUT2D eigenvalue weighted by Crippen LogP contribution is 2.44. The van der Waals surface area contributed by atoms with E-state index in [1.165, 1.54) is 30.3 Å². The molecule has 3 amide bonds. The lowest BCUT2D eigenvalue weighted by molar-refractivity contribution is -0.130. The van der Waals surface area contributed by atoms with Crippen LogP contribution in [0.2, 0.25) is 0 Å². The van der Waals surface area contributed by atoms with Crippen LogP contribution in [0.5, 0.6) is 0 Å². The minimum absolute atomic E-state index is 0.0184. The number of nitrogens with one attached hydrogen (secondary N) is 1. The molecule has 8 heteroatoms. The molecule has 1 saturated heterocycles. The molecule has 160 valence electrons. The van der Waals surface area contributed by atoms with Gasteiger partial charge in [-0.05, 0) is 54.4 Å². The molecule has 1 N–H and O–H groups in total. The van der Waals surface area contributed by atoms with E-state index in [1.54, 1.807) is 24.3 Å². The molecule has 2 aromatic rings. The molecule has 0 unspecified atom stereocenters. The molecule has 1 aliphatic heterocycles. The van der Waals surface area contributed by atoms with Gasteiger partial charge in [-0.2, -0.15) is 0 Å². The molecule has 2 aliphatic rings. The highest BCUT2D eigenvalue weighted by molar-refractivity contribution is 8.18. The lowest BCUT2D eigenvalue weighted by atomic mass is 9.64. The Hall–Kier alpha value is -3.00. The van der Waals surface area contributed by atoms with E-state index in [2.05, 4.69) is 5.32 Å². The average Bonchev–Trinajstić information content (AvgIpc) is 2.97. The SMILES string of the molecule is O=C1S/C(=C\c2ccccc2F)C(=O)N1CCNC(=O)C1(c2ccc(F)cc2)CCC1. The number of rotatable bonds is 6. The van der Waals surface area contributed by atoms with E-state index in [1.807, 2.05) is 0 Å². The van der Waals surface area contributed by atoms with Crippen molar-refractivity contribution in [3.05, 3.63) is 76.2 Å². The summed E-state index contributed by atoms with van der Waals surface area (Å²) >= 11 is 0.747. The Kier molecular flexibility index (Phi) is 5.91. The number of benzene rings is 2.